The van der Waals surface area contributed by atoms with Gasteiger partial charge in [-0.05, 0) is 34.9 Å². The number of carboxylic acid groups (broad SMARTS) is 1. The van der Waals surface area contributed by atoms with E-state index in [1.54, 1.807) is 12.1 Å². The topological polar surface area (TPSA) is 40.5 Å². The highest BCUT2D eigenvalue weighted by atomic mass is 35.5. The van der Waals surface area contributed by atoms with Crippen LogP contribution >= 0.6 is 11.6 Å². The number of fused-ring (bicyclic) bond motifs is 1. The third-order valence-electron chi connectivity index (χ3n) is 3.59. The van der Waals surface area contributed by atoms with Crippen LogP contribution in [0.3, 0.4) is 0 Å². The van der Waals surface area contributed by atoms with E-state index in [9.17, 15) is 4.79 Å². The van der Waals surface area contributed by atoms with Gasteiger partial charge in [-0.15, -0.1) is 0 Å². The van der Waals surface area contributed by atoms with Crippen LogP contribution in [0.15, 0.2) is 42.5 Å². The highest BCUT2D eigenvalue weighted by Gasteiger charge is 2.20. The zero-order chi connectivity index (χ0) is 14.1. The molecule has 2 aromatic rings. The van der Waals surface area contributed by atoms with Crippen molar-refractivity contribution in [2.75, 3.05) is 0 Å². The first-order chi connectivity index (χ1) is 9.63. The van der Waals surface area contributed by atoms with Gasteiger partial charge in [0.2, 0.25) is 0 Å². The Balaban J connectivity index is 1.77. The van der Waals surface area contributed by atoms with Crippen LogP contribution < -0.4 is 0 Å². The Kier molecular flexibility index (Phi) is 3.47. The lowest BCUT2D eigenvalue weighted by atomic mass is 10.1. The van der Waals surface area contributed by atoms with Gasteiger partial charge in [-0.3, -0.25) is 4.90 Å². The molecule has 0 aliphatic carbocycles. The SMILES string of the molecule is O=C(O)c1ccc2c(c1)CN(Cc1ccccc1Cl)C2. The molecule has 20 heavy (non-hydrogen) atoms. The van der Waals surface area contributed by atoms with E-state index in [1.165, 1.54) is 5.56 Å². The first-order valence-electron chi connectivity index (χ1n) is 6.44. The van der Waals surface area contributed by atoms with Gasteiger partial charge in [0, 0.05) is 24.7 Å². The van der Waals surface area contributed by atoms with Crippen LogP contribution in [0.25, 0.3) is 0 Å². The maximum absolute atomic E-state index is 11.0. The number of aromatic carboxylic acids is 1. The van der Waals surface area contributed by atoms with Crippen LogP contribution in [0.2, 0.25) is 5.02 Å². The molecule has 0 spiro atoms. The van der Waals surface area contributed by atoms with Crippen LogP contribution in [0.5, 0.6) is 0 Å². The second kappa shape index (κ2) is 5.27. The van der Waals surface area contributed by atoms with Crippen molar-refractivity contribution >= 4 is 17.6 Å². The van der Waals surface area contributed by atoms with E-state index in [1.807, 2.05) is 30.3 Å². The molecule has 4 heteroatoms. The summed E-state index contributed by atoms with van der Waals surface area (Å²) in [5.41, 5.74) is 3.74. The maximum atomic E-state index is 11.0. The lowest BCUT2D eigenvalue weighted by Crippen LogP contribution is -2.15. The monoisotopic (exact) mass is 287 g/mol. The number of carbonyl (C=O) groups is 1. The van der Waals surface area contributed by atoms with Gasteiger partial charge in [-0.2, -0.15) is 0 Å². The lowest BCUT2D eigenvalue weighted by Gasteiger charge is -2.15. The number of hydrogen-bond acceptors (Lipinski definition) is 2. The lowest BCUT2D eigenvalue weighted by molar-refractivity contribution is 0.0696. The van der Waals surface area contributed by atoms with E-state index in [4.69, 9.17) is 16.7 Å². The number of nitrogens with zero attached hydrogens (tertiary/aromatic N) is 1. The van der Waals surface area contributed by atoms with Crippen molar-refractivity contribution in [3.8, 4) is 0 Å². The zero-order valence-electron chi connectivity index (χ0n) is 10.8. The molecule has 3 nitrogen and oxygen atoms in total. The fourth-order valence-corrected chi connectivity index (χ4v) is 2.77. The van der Waals surface area contributed by atoms with Crippen molar-refractivity contribution in [1.29, 1.82) is 0 Å². The van der Waals surface area contributed by atoms with Crippen LogP contribution in [-0.2, 0) is 19.6 Å². The number of benzene rings is 2. The van der Waals surface area contributed by atoms with Crippen molar-refractivity contribution in [3.63, 3.8) is 0 Å². The number of carboxylic acids is 1. The van der Waals surface area contributed by atoms with E-state index in [2.05, 4.69) is 4.90 Å². The maximum Gasteiger partial charge on any atom is 0.335 e. The smallest absolute Gasteiger partial charge is 0.335 e. The molecule has 0 amide bonds. The van der Waals surface area contributed by atoms with Gasteiger partial charge in [0.1, 0.15) is 0 Å². The molecule has 0 saturated carbocycles. The fourth-order valence-electron chi connectivity index (χ4n) is 2.58. The van der Waals surface area contributed by atoms with E-state index >= 15 is 0 Å². The van der Waals surface area contributed by atoms with Gasteiger partial charge in [0.25, 0.3) is 0 Å². The zero-order valence-corrected chi connectivity index (χ0v) is 11.6. The normalized spacial score (nSPS) is 14.2. The van der Waals surface area contributed by atoms with Gasteiger partial charge in [-0.25, -0.2) is 4.79 Å². The molecule has 1 aliphatic rings. The highest BCUT2D eigenvalue weighted by molar-refractivity contribution is 6.31. The summed E-state index contributed by atoms with van der Waals surface area (Å²) < 4.78 is 0. The molecular formula is C16H14ClNO2. The molecule has 1 heterocycles. The van der Waals surface area contributed by atoms with Gasteiger partial charge >= 0.3 is 5.97 Å². The Labute approximate surface area is 122 Å². The van der Waals surface area contributed by atoms with Crippen molar-refractivity contribution in [1.82, 2.24) is 4.90 Å². The van der Waals surface area contributed by atoms with Crippen molar-refractivity contribution in [2.24, 2.45) is 0 Å². The number of rotatable bonds is 3. The Hall–Kier alpha value is -1.84. The molecule has 1 aliphatic heterocycles. The molecule has 0 saturated heterocycles. The minimum atomic E-state index is -0.877. The van der Waals surface area contributed by atoms with Gasteiger partial charge in [0.05, 0.1) is 5.56 Å². The van der Waals surface area contributed by atoms with Crippen LogP contribution in [-0.4, -0.2) is 16.0 Å². The molecule has 1 N–H and O–H groups in total. The third kappa shape index (κ3) is 2.55. The largest absolute Gasteiger partial charge is 0.478 e. The molecule has 0 aromatic heterocycles. The highest BCUT2D eigenvalue weighted by Crippen LogP contribution is 2.27. The first kappa shape index (κ1) is 13.2. The minimum Gasteiger partial charge on any atom is -0.478 e. The number of halogens is 1. The van der Waals surface area contributed by atoms with Gasteiger partial charge in [-0.1, -0.05) is 35.9 Å². The summed E-state index contributed by atoms with van der Waals surface area (Å²) >= 11 is 6.18. The van der Waals surface area contributed by atoms with Crippen molar-refractivity contribution in [3.05, 3.63) is 69.7 Å². The van der Waals surface area contributed by atoms with E-state index in [0.29, 0.717) is 5.56 Å². The Morgan fingerprint density at radius 3 is 2.65 bits per heavy atom. The van der Waals surface area contributed by atoms with Gasteiger partial charge < -0.3 is 5.11 Å². The van der Waals surface area contributed by atoms with Crippen LogP contribution in [0.1, 0.15) is 27.0 Å². The summed E-state index contributed by atoms with van der Waals surface area (Å²) in [6.45, 7) is 2.37. The molecule has 2 aromatic carbocycles. The Bertz CT molecular complexity index is 669. The van der Waals surface area contributed by atoms with Gasteiger partial charge in [0.15, 0.2) is 0 Å². The summed E-state index contributed by atoms with van der Waals surface area (Å²) in [4.78, 5) is 13.2. The van der Waals surface area contributed by atoms with Crippen molar-refractivity contribution in [2.45, 2.75) is 19.6 Å². The first-order valence-corrected chi connectivity index (χ1v) is 6.82. The number of hydrogen-bond donors (Lipinski definition) is 1. The average molecular weight is 288 g/mol. The standard InChI is InChI=1S/C16H14ClNO2/c17-15-4-2-1-3-13(15)9-18-8-12-6-5-11(16(19)20)7-14(12)10-18/h1-7H,8-10H2,(H,19,20). The second-order valence-electron chi connectivity index (χ2n) is 5.03. The summed E-state index contributed by atoms with van der Waals surface area (Å²) in [6.07, 6.45) is 0. The molecule has 0 unspecified atom stereocenters. The second-order valence-corrected chi connectivity index (χ2v) is 5.43. The quantitative estimate of drug-likeness (QED) is 0.938. The van der Waals surface area contributed by atoms with Crippen molar-refractivity contribution < 1.29 is 9.90 Å². The molecule has 102 valence electrons. The predicted octanol–water partition coefficient (Wildman–Crippen LogP) is 3.55. The molecule has 0 radical (unpaired) electrons. The summed E-state index contributed by atoms with van der Waals surface area (Å²) in [6, 6.07) is 13.2. The van der Waals surface area contributed by atoms with E-state index < -0.39 is 5.97 Å². The van der Waals surface area contributed by atoms with Crippen LogP contribution in [0.4, 0.5) is 0 Å². The molecule has 0 bridgehead atoms. The summed E-state index contributed by atoms with van der Waals surface area (Å²) in [5.74, 6) is -0.877. The molecular weight excluding hydrogens is 274 g/mol. The summed E-state index contributed by atoms with van der Waals surface area (Å²) in [7, 11) is 0. The average Bonchev–Trinajstić information content (AvgIpc) is 2.82. The van der Waals surface area contributed by atoms with Crippen LogP contribution in [0, 0.1) is 0 Å². The molecule has 3 rings (SSSR count). The minimum absolute atomic E-state index is 0.350. The third-order valence-corrected chi connectivity index (χ3v) is 3.96. The Morgan fingerprint density at radius 2 is 1.90 bits per heavy atom. The van der Waals surface area contributed by atoms with E-state index in [-0.39, 0.29) is 0 Å². The molecule has 0 atom stereocenters. The summed E-state index contributed by atoms with van der Waals surface area (Å²) in [5, 5.41) is 9.80. The fraction of sp³-hybridized carbons (Fsp3) is 0.188. The predicted molar refractivity (Wildman–Crippen MR) is 77.8 cm³/mol. The van der Waals surface area contributed by atoms with E-state index in [0.717, 1.165) is 35.8 Å². The Morgan fingerprint density at radius 1 is 1.15 bits per heavy atom. The molecule has 0 fully saturated rings.